The van der Waals surface area contributed by atoms with Crippen molar-refractivity contribution in [2.45, 2.75) is 0 Å². The molecule has 1 heterocycles. The molecule has 1 aromatic heterocycles. The van der Waals surface area contributed by atoms with Crippen LogP contribution in [-0.4, -0.2) is 33.1 Å². The molecule has 0 amide bonds. The Bertz CT molecular complexity index is 354. The van der Waals surface area contributed by atoms with E-state index in [0.29, 0.717) is 0 Å². The monoisotopic (exact) mass is 172 g/mol. The normalized spacial score (nSPS) is 9.75. The summed E-state index contributed by atoms with van der Waals surface area (Å²) in [4.78, 5) is 24.2. The molecule has 0 aromatic carbocycles. The van der Waals surface area contributed by atoms with Gasteiger partial charge in [-0.3, -0.25) is 9.78 Å². The van der Waals surface area contributed by atoms with Gasteiger partial charge in [0, 0.05) is 0 Å². The summed E-state index contributed by atoms with van der Waals surface area (Å²) < 4.78 is 0. The molecule has 12 heavy (non-hydrogen) atoms. The largest absolute Gasteiger partial charge is 0.394 e. The van der Waals surface area contributed by atoms with Crippen LogP contribution in [0.1, 0.15) is 0 Å². The summed E-state index contributed by atoms with van der Waals surface area (Å²) in [6.07, 6.45) is 0.964. The standard InChI is InChI=1S/C5H8N4O3/c10-2-1-6-9-5(12)8-4(11)3-7-9/h3,6,10H,1-2H2,(H,8,11,12). The molecule has 0 atom stereocenters. The number of aliphatic hydroxyl groups is 1. The number of aromatic nitrogens is 3. The first-order chi connectivity index (χ1) is 5.74. The number of hydrogen-bond acceptors (Lipinski definition) is 5. The molecule has 3 N–H and O–H groups in total. The van der Waals surface area contributed by atoms with Gasteiger partial charge in [0.2, 0.25) is 0 Å². The first-order valence-electron chi connectivity index (χ1n) is 3.27. The third-order valence-corrected chi connectivity index (χ3v) is 1.09. The van der Waals surface area contributed by atoms with Crippen LogP contribution in [0.2, 0.25) is 0 Å². The molecule has 0 unspecified atom stereocenters. The number of aromatic amines is 1. The Morgan fingerprint density at radius 1 is 1.67 bits per heavy atom. The fourth-order valence-electron chi connectivity index (χ4n) is 0.622. The van der Waals surface area contributed by atoms with E-state index in [-0.39, 0.29) is 13.2 Å². The van der Waals surface area contributed by atoms with E-state index in [2.05, 4.69) is 10.5 Å². The van der Waals surface area contributed by atoms with Crippen molar-refractivity contribution in [2.75, 3.05) is 18.6 Å². The maximum absolute atomic E-state index is 10.8. The predicted molar refractivity (Wildman–Crippen MR) is 40.4 cm³/mol. The van der Waals surface area contributed by atoms with Crippen LogP contribution in [0.4, 0.5) is 0 Å². The number of aliphatic hydroxyl groups excluding tert-OH is 1. The summed E-state index contributed by atoms with van der Waals surface area (Å²) in [6.45, 7) is 0.0756. The topological polar surface area (TPSA) is 100 Å². The fraction of sp³-hybridized carbons (Fsp3) is 0.400. The Morgan fingerprint density at radius 3 is 3.00 bits per heavy atom. The van der Waals surface area contributed by atoms with E-state index in [1.807, 2.05) is 4.98 Å². The molecule has 0 aliphatic heterocycles. The summed E-state index contributed by atoms with van der Waals surface area (Å²) in [7, 11) is 0. The second kappa shape index (κ2) is 3.67. The number of H-pyrrole nitrogens is 1. The summed E-state index contributed by atoms with van der Waals surface area (Å²) in [6, 6.07) is 0. The highest BCUT2D eigenvalue weighted by Crippen LogP contribution is 1.60. The molecule has 1 aromatic rings. The average molecular weight is 172 g/mol. The van der Waals surface area contributed by atoms with Gasteiger partial charge in [0.25, 0.3) is 5.56 Å². The van der Waals surface area contributed by atoms with Gasteiger partial charge < -0.3 is 10.5 Å². The Balaban J connectivity index is 2.87. The van der Waals surface area contributed by atoms with Crippen LogP contribution in [0.3, 0.4) is 0 Å². The van der Waals surface area contributed by atoms with Gasteiger partial charge in [0.1, 0.15) is 6.20 Å². The number of hydrogen-bond donors (Lipinski definition) is 3. The molecule has 0 fully saturated rings. The molecular formula is C5H8N4O3. The third kappa shape index (κ3) is 1.92. The molecule has 0 saturated heterocycles. The van der Waals surface area contributed by atoms with E-state index < -0.39 is 11.2 Å². The minimum atomic E-state index is -0.657. The number of rotatable bonds is 3. The highest BCUT2D eigenvalue weighted by molar-refractivity contribution is 4.73. The summed E-state index contributed by atoms with van der Waals surface area (Å²) in [5, 5.41) is 11.8. The molecule has 0 radical (unpaired) electrons. The van der Waals surface area contributed by atoms with Crippen molar-refractivity contribution < 1.29 is 5.11 Å². The Hall–Kier alpha value is -1.63. The number of nitrogens with one attached hydrogen (secondary N) is 2. The van der Waals surface area contributed by atoms with Crippen molar-refractivity contribution in [1.29, 1.82) is 0 Å². The minimum Gasteiger partial charge on any atom is -0.394 e. The quantitative estimate of drug-likeness (QED) is 0.466. The molecule has 0 spiro atoms. The first-order valence-corrected chi connectivity index (χ1v) is 3.27. The van der Waals surface area contributed by atoms with Gasteiger partial charge in [-0.05, 0) is 0 Å². The molecule has 66 valence electrons. The maximum Gasteiger partial charge on any atom is 0.364 e. The van der Waals surface area contributed by atoms with Crippen molar-refractivity contribution in [3.05, 3.63) is 27.0 Å². The molecule has 0 saturated carbocycles. The molecule has 7 heteroatoms. The average Bonchev–Trinajstić information content (AvgIpc) is 2.03. The zero-order valence-electron chi connectivity index (χ0n) is 6.15. The highest BCUT2D eigenvalue weighted by Gasteiger charge is 1.94. The van der Waals surface area contributed by atoms with E-state index in [4.69, 9.17) is 5.11 Å². The van der Waals surface area contributed by atoms with Crippen LogP contribution in [0.5, 0.6) is 0 Å². The van der Waals surface area contributed by atoms with Gasteiger partial charge in [-0.2, -0.15) is 5.10 Å². The van der Waals surface area contributed by atoms with Crippen molar-refractivity contribution in [3.8, 4) is 0 Å². The molecule has 0 aliphatic rings. The van der Waals surface area contributed by atoms with Crippen molar-refractivity contribution in [2.24, 2.45) is 0 Å². The van der Waals surface area contributed by atoms with Gasteiger partial charge >= 0.3 is 5.69 Å². The van der Waals surface area contributed by atoms with Crippen LogP contribution >= 0.6 is 0 Å². The lowest BCUT2D eigenvalue weighted by Crippen LogP contribution is -2.38. The smallest absolute Gasteiger partial charge is 0.364 e. The van der Waals surface area contributed by atoms with Gasteiger partial charge in [-0.1, -0.05) is 0 Å². The Morgan fingerprint density at radius 2 is 2.42 bits per heavy atom. The predicted octanol–water partition coefficient (Wildman–Crippen LogP) is -2.53. The first kappa shape index (κ1) is 8.47. The lowest BCUT2D eigenvalue weighted by molar-refractivity contribution is 0.305. The number of nitrogens with zero attached hydrogens (tertiary/aromatic N) is 2. The van der Waals surface area contributed by atoms with E-state index in [0.717, 1.165) is 11.0 Å². The molecule has 0 bridgehead atoms. The SMILES string of the molecule is O=c1cnn(NCCO)c(=O)[nH]1. The van der Waals surface area contributed by atoms with Gasteiger partial charge in [-0.15, -0.1) is 4.79 Å². The highest BCUT2D eigenvalue weighted by atomic mass is 16.3. The maximum atomic E-state index is 10.8. The van der Waals surface area contributed by atoms with Crippen LogP contribution in [0, 0.1) is 0 Å². The van der Waals surface area contributed by atoms with E-state index in [9.17, 15) is 9.59 Å². The third-order valence-electron chi connectivity index (χ3n) is 1.09. The lowest BCUT2D eigenvalue weighted by atomic mass is 10.7. The van der Waals surface area contributed by atoms with Crippen molar-refractivity contribution in [3.63, 3.8) is 0 Å². The zero-order chi connectivity index (χ0) is 8.97. The van der Waals surface area contributed by atoms with Gasteiger partial charge in [0.15, 0.2) is 0 Å². The van der Waals surface area contributed by atoms with Crippen LogP contribution in [0.15, 0.2) is 15.8 Å². The molecule has 7 nitrogen and oxygen atoms in total. The minimum absolute atomic E-state index is 0.118. The van der Waals surface area contributed by atoms with Crippen molar-refractivity contribution >= 4 is 0 Å². The van der Waals surface area contributed by atoms with Crippen LogP contribution in [-0.2, 0) is 0 Å². The summed E-state index contributed by atoms with van der Waals surface area (Å²) in [5.74, 6) is 0. The van der Waals surface area contributed by atoms with E-state index in [1.54, 1.807) is 0 Å². The Kier molecular flexibility index (Phi) is 2.59. The van der Waals surface area contributed by atoms with Gasteiger partial charge in [-0.25, -0.2) is 4.79 Å². The van der Waals surface area contributed by atoms with E-state index in [1.165, 1.54) is 0 Å². The summed E-state index contributed by atoms with van der Waals surface area (Å²) >= 11 is 0. The Labute approximate surface area is 66.6 Å². The molecular weight excluding hydrogens is 164 g/mol. The van der Waals surface area contributed by atoms with E-state index >= 15 is 0 Å². The molecule has 0 aliphatic carbocycles. The summed E-state index contributed by atoms with van der Waals surface area (Å²) in [5.41, 5.74) is 1.25. The van der Waals surface area contributed by atoms with Crippen LogP contribution < -0.4 is 16.7 Å². The second-order valence-electron chi connectivity index (χ2n) is 1.98. The zero-order valence-corrected chi connectivity index (χ0v) is 6.15. The van der Waals surface area contributed by atoms with Gasteiger partial charge in [0.05, 0.1) is 13.2 Å². The lowest BCUT2D eigenvalue weighted by Gasteiger charge is -2.02. The fourth-order valence-corrected chi connectivity index (χ4v) is 0.622. The molecule has 1 rings (SSSR count). The second-order valence-corrected chi connectivity index (χ2v) is 1.98. The van der Waals surface area contributed by atoms with Crippen LogP contribution in [0.25, 0.3) is 0 Å². The van der Waals surface area contributed by atoms with Crippen molar-refractivity contribution in [1.82, 2.24) is 14.9 Å².